The van der Waals surface area contributed by atoms with E-state index in [4.69, 9.17) is 32.3 Å². The SMILES string of the molecule is COC(=O)Cc1ccc(OP(Oc2ccc(CC(=O)O)cc2)c2ccc(-c3ccc(P(Oc4ccc(CC(=O)OC)cc4)Oc4ccc(CC(=O)OC)cc4)cc3)cc2)cc1. The first kappa shape index (κ1) is 43.8. The second-order valence-corrected chi connectivity index (χ2v) is 16.2. The van der Waals surface area contributed by atoms with Crippen molar-refractivity contribution in [2.24, 2.45) is 0 Å². The van der Waals surface area contributed by atoms with E-state index < -0.39 is 22.7 Å². The summed E-state index contributed by atoms with van der Waals surface area (Å²) in [6, 6.07) is 44.0. The Labute approximate surface area is 355 Å². The molecular formula is C47H42O12P2. The van der Waals surface area contributed by atoms with Gasteiger partial charge in [-0.2, -0.15) is 0 Å². The number of hydrogen-bond acceptors (Lipinski definition) is 11. The third-order valence-electron chi connectivity index (χ3n) is 9.02. The molecule has 0 radical (unpaired) electrons. The van der Waals surface area contributed by atoms with E-state index in [9.17, 15) is 24.3 Å². The van der Waals surface area contributed by atoms with Crippen LogP contribution in [-0.2, 0) is 59.1 Å². The van der Waals surface area contributed by atoms with Gasteiger partial charge in [-0.15, -0.1) is 0 Å². The van der Waals surface area contributed by atoms with Crippen LogP contribution in [0.25, 0.3) is 11.1 Å². The van der Waals surface area contributed by atoms with Gasteiger partial charge >= 0.3 is 40.6 Å². The van der Waals surface area contributed by atoms with Crippen LogP contribution in [0, 0.1) is 0 Å². The smallest absolute Gasteiger partial charge is 0.326 e. The van der Waals surface area contributed by atoms with Crippen LogP contribution < -0.4 is 28.7 Å². The number of rotatable bonds is 19. The van der Waals surface area contributed by atoms with Crippen LogP contribution in [0.15, 0.2) is 146 Å². The van der Waals surface area contributed by atoms with Crippen molar-refractivity contribution in [3.8, 4) is 34.1 Å². The molecule has 1 atom stereocenters. The molecule has 61 heavy (non-hydrogen) atoms. The molecule has 14 heteroatoms. The van der Waals surface area contributed by atoms with Gasteiger partial charge in [-0.3, -0.25) is 19.2 Å². The number of carboxylic acids is 1. The Morgan fingerprint density at radius 3 is 0.852 bits per heavy atom. The summed E-state index contributed by atoms with van der Waals surface area (Å²) < 4.78 is 40.0. The Hall–Kier alpha value is -6.74. The monoisotopic (exact) mass is 860 g/mol. The fraction of sp³-hybridized carbons (Fsp3) is 0.149. The van der Waals surface area contributed by atoms with Crippen molar-refractivity contribution in [1.82, 2.24) is 0 Å². The molecule has 0 aromatic heterocycles. The highest BCUT2D eigenvalue weighted by Gasteiger charge is 2.22. The second-order valence-electron chi connectivity index (χ2n) is 13.4. The fourth-order valence-electron chi connectivity index (χ4n) is 5.75. The number of aliphatic carboxylic acids is 1. The Kier molecular flexibility index (Phi) is 15.4. The molecule has 0 aliphatic rings. The minimum atomic E-state index is -1.71. The summed E-state index contributed by atoms with van der Waals surface area (Å²) in [5.41, 5.74) is 4.85. The zero-order chi connectivity index (χ0) is 43.1. The summed E-state index contributed by atoms with van der Waals surface area (Å²) in [6.07, 6.45) is 0.313. The predicted octanol–water partition coefficient (Wildman–Crippen LogP) is 8.32. The van der Waals surface area contributed by atoms with E-state index in [-0.39, 0.29) is 43.6 Å². The summed E-state index contributed by atoms with van der Waals surface area (Å²) in [7, 11) is 0.648. The molecule has 1 N–H and O–H groups in total. The third-order valence-corrected chi connectivity index (χ3v) is 12.0. The van der Waals surface area contributed by atoms with Crippen LogP contribution in [0.2, 0.25) is 0 Å². The molecule has 6 aromatic rings. The van der Waals surface area contributed by atoms with Crippen LogP contribution in [-0.4, -0.2) is 50.3 Å². The van der Waals surface area contributed by atoms with Gasteiger partial charge in [0.2, 0.25) is 0 Å². The highest BCUT2D eigenvalue weighted by atomic mass is 31.2. The maximum atomic E-state index is 11.8. The van der Waals surface area contributed by atoms with Gasteiger partial charge in [0.25, 0.3) is 0 Å². The van der Waals surface area contributed by atoms with Crippen molar-refractivity contribution in [3.05, 3.63) is 168 Å². The quantitative estimate of drug-likeness (QED) is 0.0474. The zero-order valence-electron chi connectivity index (χ0n) is 33.5. The number of esters is 3. The van der Waals surface area contributed by atoms with E-state index in [0.717, 1.165) is 38.4 Å². The number of carboxylic acid groups (broad SMARTS) is 1. The molecule has 0 aliphatic heterocycles. The van der Waals surface area contributed by atoms with Crippen LogP contribution >= 0.6 is 16.8 Å². The van der Waals surface area contributed by atoms with Crippen molar-refractivity contribution in [3.63, 3.8) is 0 Å². The van der Waals surface area contributed by atoms with Crippen LogP contribution in [0.3, 0.4) is 0 Å². The Bertz CT molecular complexity index is 2320. The summed E-state index contributed by atoms with van der Waals surface area (Å²) >= 11 is 0. The van der Waals surface area contributed by atoms with E-state index in [0.29, 0.717) is 28.6 Å². The number of carbonyl (C=O) groups excluding carboxylic acids is 3. The minimum Gasteiger partial charge on any atom is -0.481 e. The first-order chi connectivity index (χ1) is 29.6. The van der Waals surface area contributed by atoms with Crippen molar-refractivity contribution >= 4 is 51.2 Å². The number of ether oxygens (including phenoxy) is 3. The molecule has 312 valence electrons. The van der Waals surface area contributed by atoms with Gasteiger partial charge in [0.15, 0.2) is 0 Å². The minimum absolute atomic E-state index is 0.102. The van der Waals surface area contributed by atoms with Gasteiger partial charge in [0.05, 0.1) is 57.6 Å². The van der Waals surface area contributed by atoms with E-state index in [1.165, 1.54) is 21.3 Å². The molecule has 12 nitrogen and oxygen atoms in total. The first-order valence-corrected chi connectivity index (χ1v) is 21.2. The van der Waals surface area contributed by atoms with Gasteiger partial charge in [0.1, 0.15) is 23.0 Å². The Morgan fingerprint density at radius 2 is 0.623 bits per heavy atom. The lowest BCUT2D eigenvalue weighted by Gasteiger charge is -2.20. The van der Waals surface area contributed by atoms with E-state index in [2.05, 4.69) is 0 Å². The van der Waals surface area contributed by atoms with Gasteiger partial charge in [-0.1, -0.05) is 72.8 Å². The molecule has 0 bridgehead atoms. The van der Waals surface area contributed by atoms with Crippen molar-refractivity contribution in [2.75, 3.05) is 21.3 Å². The third kappa shape index (κ3) is 13.1. The van der Waals surface area contributed by atoms with Crippen LogP contribution in [0.1, 0.15) is 22.3 Å². The maximum Gasteiger partial charge on any atom is 0.326 e. The molecule has 1 unspecified atom stereocenters. The number of carbonyl (C=O) groups is 4. The van der Waals surface area contributed by atoms with Gasteiger partial charge in [-0.25, -0.2) is 0 Å². The molecular weight excluding hydrogens is 818 g/mol. The van der Waals surface area contributed by atoms with Gasteiger partial charge in [-0.05, 0) is 106 Å². The predicted molar refractivity (Wildman–Crippen MR) is 232 cm³/mol. The molecule has 0 fully saturated rings. The zero-order valence-corrected chi connectivity index (χ0v) is 35.3. The second kappa shape index (κ2) is 21.5. The van der Waals surface area contributed by atoms with Crippen LogP contribution in [0.4, 0.5) is 0 Å². The van der Waals surface area contributed by atoms with E-state index in [1.807, 2.05) is 48.5 Å². The summed E-state index contributed by atoms with van der Waals surface area (Å²) in [5.74, 6) is 0.209. The summed E-state index contributed by atoms with van der Waals surface area (Å²) in [6.45, 7) is 0. The Balaban J connectivity index is 1.22. The largest absolute Gasteiger partial charge is 0.481 e. The molecule has 6 rings (SSSR count). The van der Waals surface area contributed by atoms with Gasteiger partial charge < -0.3 is 37.4 Å². The molecule has 6 aromatic carbocycles. The lowest BCUT2D eigenvalue weighted by atomic mass is 10.1. The van der Waals surface area contributed by atoms with Crippen molar-refractivity contribution < 1.29 is 56.6 Å². The molecule has 0 spiro atoms. The normalized spacial score (nSPS) is 11.2. The molecule has 0 saturated heterocycles. The summed E-state index contributed by atoms with van der Waals surface area (Å²) in [4.78, 5) is 46.6. The first-order valence-electron chi connectivity index (χ1n) is 18.9. The molecule has 0 saturated carbocycles. The maximum absolute atomic E-state index is 11.8. The summed E-state index contributed by atoms with van der Waals surface area (Å²) in [5, 5.41) is 10.8. The standard InChI is InChI=1S/C47H42O12P2/c1-53-45(50)29-33-6-18-39(19-7-33)57-60(56-38-16-4-32(5-17-38)28-44(48)49)42-24-12-36(13-25-42)37-14-26-43(27-15-37)61(58-40-20-8-34(9-21-40)30-46(51)54-2)59-41-22-10-35(11-23-41)31-47(52)55-3/h4-27H,28-31H2,1-3H3,(H,48,49). The van der Waals surface area contributed by atoms with Crippen LogP contribution in [0.5, 0.6) is 23.0 Å². The topological polar surface area (TPSA) is 153 Å². The average Bonchev–Trinajstić information content (AvgIpc) is 3.28. The molecule has 0 aliphatic carbocycles. The lowest BCUT2D eigenvalue weighted by molar-refractivity contribution is -0.140. The fourth-order valence-corrected chi connectivity index (χ4v) is 8.28. The average molecular weight is 861 g/mol. The molecule has 0 heterocycles. The van der Waals surface area contributed by atoms with E-state index >= 15 is 0 Å². The molecule has 0 amide bonds. The van der Waals surface area contributed by atoms with Crippen molar-refractivity contribution in [1.29, 1.82) is 0 Å². The Morgan fingerprint density at radius 1 is 0.377 bits per heavy atom. The van der Waals surface area contributed by atoms with Crippen molar-refractivity contribution in [2.45, 2.75) is 25.7 Å². The van der Waals surface area contributed by atoms with Gasteiger partial charge in [0, 0.05) is 0 Å². The highest BCUT2D eigenvalue weighted by Crippen LogP contribution is 2.42. The number of hydrogen-bond donors (Lipinski definition) is 1. The number of methoxy groups -OCH3 is 3. The highest BCUT2D eigenvalue weighted by molar-refractivity contribution is 7.57. The van der Waals surface area contributed by atoms with E-state index in [1.54, 1.807) is 97.1 Å². The lowest BCUT2D eigenvalue weighted by Crippen LogP contribution is -2.11. The number of benzene rings is 6.